The lowest BCUT2D eigenvalue weighted by molar-refractivity contribution is -0.134. The first-order valence-electron chi connectivity index (χ1n) is 9.20. The van der Waals surface area contributed by atoms with Gasteiger partial charge in [-0.15, -0.1) is 0 Å². The van der Waals surface area contributed by atoms with Gasteiger partial charge in [-0.25, -0.2) is 4.98 Å². The Balaban J connectivity index is 1.55. The van der Waals surface area contributed by atoms with E-state index in [-0.39, 0.29) is 23.8 Å². The van der Waals surface area contributed by atoms with E-state index in [4.69, 9.17) is 0 Å². The van der Waals surface area contributed by atoms with E-state index in [1.54, 1.807) is 36.0 Å². The van der Waals surface area contributed by atoms with Crippen molar-refractivity contribution < 1.29 is 9.59 Å². The molecule has 0 saturated carbocycles. The molecule has 1 aromatic carbocycles. The average molecular weight is 450 g/mol. The zero-order valence-electron chi connectivity index (χ0n) is 16.1. The summed E-state index contributed by atoms with van der Waals surface area (Å²) in [4.78, 5) is 46.7. The second-order valence-corrected chi connectivity index (χ2v) is 8.02. The number of benzene rings is 1. The van der Waals surface area contributed by atoms with Gasteiger partial charge in [0, 0.05) is 57.7 Å². The number of nitrogens with zero attached hydrogens (tertiary/aromatic N) is 5. The van der Waals surface area contributed by atoms with Crippen LogP contribution in [0.4, 0.5) is 0 Å². The first-order valence-corrected chi connectivity index (χ1v) is 9.99. The molecule has 1 aliphatic heterocycles. The van der Waals surface area contributed by atoms with E-state index in [2.05, 4.69) is 25.8 Å². The quantitative estimate of drug-likeness (QED) is 0.673. The molecule has 150 valence electrons. The highest BCUT2D eigenvalue weighted by atomic mass is 79.9. The number of aryl methyl sites for hydroxylation is 1. The third-order valence-corrected chi connectivity index (χ3v) is 5.43. The van der Waals surface area contributed by atoms with Crippen LogP contribution in [0.5, 0.6) is 0 Å². The summed E-state index contributed by atoms with van der Waals surface area (Å²) in [6.45, 7) is 3.22. The molecule has 0 N–H and O–H groups in total. The van der Waals surface area contributed by atoms with Crippen LogP contribution >= 0.6 is 15.9 Å². The molecule has 0 atom stereocenters. The van der Waals surface area contributed by atoms with Crippen LogP contribution in [0.2, 0.25) is 0 Å². The van der Waals surface area contributed by atoms with Crippen molar-refractivity contribution in [1.29, 1.82) is 0 Å². The summed E-state index contributed by atoms with van der Waals surface area (Å²) < 4.78 is 2.30. The second-order valence-electron chi connectivity index (χ2n) is 7.10. The first-order chi connectivity index (χ1) is 13.3. The molecule has 2 aromatic rings. The Morgan fingerprint density at radius 2 is 1.89 bits per heavy atom. The summed E-state index contributed by atoms with van der Waals surface area (Å²) >= 11 is 3.37. The Bertz CT molecular complexity index is 935. The van der Waals surface area contributed by atoms with Gasteiger partial charge in [-0.3, -0.25) is 23.9 Å². The predicted molar refractivity (Wildman–Crippen MR) is 110 cm³/mol. The highest BCUT2D eigenvalue weighted by Crippen LogP contribution is 2.15. The first kappa shape index (κ1) is 20.5. The zero-order valence-corrected chi connectivity index (χ0v) is 17.7. The van der Waals surface area contributed by atoms with Crippen LogP contribution in [0.1, 0.15) is 6.42 Å². The monoisotopic (exact) mass is 449 g/mol. The van der Waals surface area contributed by atoms with E-state index in [0.29, 0.717) is 50.2 Å². The van der Waals surface area contributed by atoms with Gasteiger partial charge in [-0.2, -0.15) is 0 Å². The van der Waals surface area contributed by atoms with Crippen molar-refractivity contribution in [1.82, 2.24) is 24.3 Å². The largest absolute Gasteiger partial charge is 0.348 e. The number of halogens is 1. The van der Waals surface area contributed by atoms with Gasteiger partial charge in [0.05, 0.1) is 23.8 Å². The summed E-state index contributed by atoms with van der Waals surface area (Å²) in [6, 6.07) is 5.38. The second kappa shape index (κ2) is 8.83. The average Bonchev–Trinajstić information content (AvgIpc) is 2.68. The highest BCUT2D eigenvalue weighted by Gasteiger charge is 2.22. The molecule has 0 bridgehead atoms. The van der Waals surface area contributed by atoms with E-state index < -0.39 is 0 Å². The molecule has 1 aromatic heterocycles. The third kappa shape index (κ3) is 4.77. The van der Waals surface area contributed by atoms with Gasteiger partial charge < -0.3 is 9.80 Å². The van der Waals surface area contributed by atoms with Crippen molar-refractivity contribution in [2.24, 2.45) is 0 Å². The van der Waals surface area contributed by atoms with Crippen LogP contribution in [0.3, 0.4) is 0 Å². The molecule has 0 aliphatic carbocycles. The Morgan fingerprint density at radius 3 is 2.57 bits per heavy atom. The molecule has 0 spiro atoms. The summed E-state index contributed by atoms with van der Waals surface area (Å²) in [7, 11) is 3.48. The number of piperazine rings is 1. The molecular weight excluding hydrogens is 426 g/mol. The molecule has 8 nitrogen and oxygen atoms in total. The smallest absolute Gasteiger partial charge is 0.261 e. The minimum Gasteiger partial charge on any atom is -0.348 e. The topological polar surface area (TPSA) is 78.8 Å². The molecule has 2 heterocycles. The highest BCUT2D eigenvalue weighted by molar-refractivity contribution is 9.10. The predicted octanol–water partition coefficient (Wildman–Crippen LogP) is 0.782. The van der Waals surface area contributed by atoms with Gasteiger partial charge in [-0.05, 0) is 18.2 Å². The fourth-order valence-corrected chi connectivity index (χ4v) is 3.51. The van der Waals surface area contributed by atoms with Crippen molar-refractivity contribution in [2.75, 3.05) is 46.8 Å². The van der Waals surface area contributed by atoms with E-state index in [9.17, 15) is 14.4 Å². The molecule has 0 radical (unpaired) electrons. The summed E-state index contributed by atoms with van der Waals surface area (Å²) in [6.07, 6.45) is 1.74. The lowest BCUT2D eigenvalue weighted by Gasteiger charge is -2.34. The van der Waals surface area contributed by atoms with Crippen LogP contribution in [-0.4, -0.2) is 82.9 Å². The Kier molecular flexibility index (Phi) is 6.46. The summed E-state index contributed by atoms with van der Waals surface area (Å²) in [5.41, 5.74) is 0.491. The molecular formula is C19H24BrN5O3. The number of aromatic nitrogens is 2. The number of carbonyl (C=O) groups is 2. The molecule has 1 saturated heterocycles. The van der Waals surface area contributed by atoms with Crippen molar-refractivity contribution in [2.45, 2.75) is 13.0 Å². The summed E-state index contributed by atoms with van der Waals surface area (Å²) in [5, 5.41) is 0.531. The van der Waals surface area contributed by atoms with Crippen LogP contribution in [0.15, 0.2) is 33.8 Å². The normalized spacial score (nSPS) is 15.0. The Labute approximate surface area is 171 Å². The molecule has 0 unspecified atom stereocenters. The van der Waals surface area contributed by atoms with Gasteiger partial charge in [0.25, 0.3) is 5.56 Å². The number of amides is 2. The van der Waals surface area contributed by atoms with Crippen molar-refractivity contribution in [3.8, 4) is 0 Å². The van der Waals surface area contributed by atoms with Crippen LogP contribution < -0.4 is 5.56 Å². The van der Waals surface area contributed by atoms with Crippen LogP contribution in [-0.2, 0) is 16.1 Å². The Hall–Kier alpha value is -2.26. The molecule has 9 heteroatoms. The van der Waals surface area contributed by atoms with Crippen LogP contribution in [0, 0.1) is 0 Å². The maximum Gasteiger partial charge on any atom is 0.261 e. The van der Waals surface area contributed by atoms with Gasteiger partial charge in [0.15, 0.2) is 0 Å². The SMILES string of the molecule is CN(C)C(=O)CN1CCN(C(=O)CCn2cnc3ccc(Br)cc3c2=O)CC1. The maximum absolute atomic E-state index is 12.6. The molecule has 28 heavy (non-hydrogen) atoms. The van der Waals surface area contributed by atoms with Gasteiger partial charge in [-0.1, -0.05) is 15.9 Å². The lowest BCUT2D eigenvalue weighted by Crippen LogP contribution is -2.51. The number of fused-ring (bicyclic) bond motifs is 1. The van der Waals surface area contributed by atoms with Crippen LogP contribution in [0.25, 0.3) is 10.9 Å². The number of likely N-dealkylation sites (N-methyl/N-ethyl adjacent to an activating group) is 1. The van der Waals surface area contributed by atoms with Gasteiger partial charge in [0.2, 0.25) is 11.8 Å². The van der Waals surface area contributed by atoms with E-state index >= 15 is 0 Å². The zero-order chi connectivity index (χ0) is 20.3. The summed E-state index contributed by atoms with van der Waals surface area (Å²) in [5.74, 6) is 0.0782. The van der Waals surface area contributed by atoms with Gasteiger partial charge >= 0.3 is 0 Å². The maximum atomic E-state index is 12.6. The fraction of sp³-hybridized carbons (Fsp3) is 0.474. The molecule has 2 amide bonds. The minimum absolute atomic E-state index is 0.0137. The minimum atomic E-state index is -0.147. The van der Waals surface area contributed by atoms with E-state index in [1.807, 2.05) is 6.07 Å². The fourth-order valence-electron chi connectivity index (χ4n) is 3.15. The lowest BCUT2D eigenvalue weighted by atomic mass is 10.2. The van der Waals surface area contributed by atoms with Crippen molar-refractivity contribution >= 4 is 38.6 Å². The molecule has 1 aliphatic rings. The third-order valence-electron chi connectivity index (χ3n) is 4.94. The van der Waals surface area contributed by atoms with Gasteiger partial charge in [0.1, 0.15) is 0 Å². The number of carbonyl (C=O) groups excluding carboxylic acids is 2. The number of hydrogen-bond acceptors (Lipinski definition) is 5. The Morgan fingerprint density at radius 1 is 1.18 bits per heavy atom. The van der Waals surface area contributed by atoms with E-state index in [0.717, 1.165) is 4.47 Å². The van der Waals surface area contributed by atoms with E-state index in [1.165, 1.54) is 10.9 Å². The number of hydrogen-bond donors (Lipinski definition) is 0. The van der Waals surface area contributed by atoms with Crippen molar-refractivity contribution in [3.63, 3.8) is 0 Å². The standard InChI is InChI=1S/C19H24BrN5O3/c1-22(2)18(27)12-23-7-9-24(10-8-23)17(26)5-6-25-13-21-16-4-3-14(20)11-15(16)19(25)28/h3-4,11,13H,5-10,12H2,1-2H3. The van der Waals surface area contributed by atoms with Crippen molar-refractivity contribution in [3.05, 3.63) is 39.4 Å². The molecule has 1 fully saturated rings. The number of rotatable bonds is 5. The molecule has 3 rings (SSSR count).